The Morgan fingerprint density at radius 1 is 1.14 bits per heavy atom. The second-order valence-electron chi connectivity index (χ2n) is 6.60. The van der Waals surface area contributed by atoms with E-state index in [4.69, 9.17) is 0 Å². The lowest BCUT2D eigenvalue weighted by Gasteiger charge is -2.34. The fourth-order valence-corrected chi connectivity index (χ4v) is 3.94. The van der Waals surface area contributed by atoms with E-state index in [1.165, 1.54) is 9.75 Å². The van der Waals surface area contributed by atoms with Crippen molar-refractivity contribution in [1.29, 1.82) is 0 Å². The van der Waals surface area contributed by atoms with Crippen molar-refractivity contribution in [3.8, 4) is 0 Å². The summed E-state index contributed by atoms with van der Waals surface area (Å²) in [5, 5.41) is 6.78. The van der Waals surface area contributed by atoms with E-state index in [2.05, 4.69) is 54.5 Å². The molecule has 0 aliphatic carbocycles. The molecule has 9 heteroatoms. The predicted molar refractivity (Wildman–Crippen MR) is 128 cm³/mol. The van der Waals surface area contributed by atoms with Crippen molar-refractivity contribution < 1.29 is 0 Å². The predicted octanol–water partition coefficient (Wildman–Crippen LogP) is 2.34. The number of nitrogens with one attached hydrogen (secondary N) is 2. The van der Waals surface area contributed by atoms with E-state index in [9.17, 15) is 0 Å². The zero-order chi connectivity index (χ0) is 18.9. The molecule has 28 heavy (non-hydrogen) atoms. The summed E-state index contributed by atoms with van der Waals surface area (Å²) in [7, 11) is 1.82. The maximum absolute atomic E-state index is 4.34. The summed E-state index contributed by atoms with van der Waals surface area (Å²) < 4.78 is 0. The Kier molecular flexibility index (Phi) is 9.93. The van der Waals surface area contributed by atoms with Gasteiger partial charge in [-0.05, 0) is 38.1 Å². The van der Waals surface area contributed by atoms with Crippen molar-refractivity contribution in [2.75, 3.05) is 51.2 Å². The first-order chi connectivity index (χ1) is 13.2. The van der Waals surface area contributed by atoms with Crippen LogP contribution in [-0.4, -0.2) is 67.1 Å². The van der Waals surface area contributed by atoms with Gasteiger partial charge in [0, 0.05) is 61.9 Å². The zero-order valence-corrected chi connectivity index (χ0v) is 19.7. The number of aliphatic imine (C=N–C) groups is 1. The van der Waals surface area contributed by atoms with Gasteiger partial charge in [0.2, 0.25) is 5.95 Å². The Hall–Kier alpha value is -1.46. The monoisotopic (exact) mass is 515 g/mol. The van der Waals surface area contributed by atoms with Crippen molar-refractivity contribution in [3.63, 3.8) is 0 Å². The topological polar surface area (TPSA) is 68.7 Å². The molecule has 0 unspecified atom stereocenters. The number of aryl methyl sites for hydroxylation is 1. The largest absolute Gasteiger partial charge is 0.356 e. The van der Waals surface area contributed by atoms with E-state index in [1.807, 2.05) is 24.5 Å². The number of anilines is 1. The van der Waals surface area contributed by atoms with Gasteiger partial charge in [-0.15, -0.1) is 35.3 Å². The van der Waals surface area contributed by atoms with Crippen LogP contribution in [0.3, 0.4) is 0 Å². The third kappa shape index (κ3) is 7.17. The van der Waals surface area contributed by atoms with Crippen LogP contribution in [0.15, 0.2) is 35.6 Å². The van der Waals surface area contributed by atoms with Gasteiger partial charge in [0.25, 0.3) is 0 Å². The quantitative estimate of drug-likeness (QED) is 0.256. The van der Waals surface area contributed by atoms with Gasteiger partial charge >= 0.3 is 0 Å². The molecule has 3 heterocycles. The molecule has 1 fully saturated rings. The molecule has 2 aromatic heterocycles. The molecule has 0 radical (unpaired) electrons. The second-order valence-corrected chi connectivity index (χ2v) is 7.97. The molecule has 1 aliphatic rings. The fraction of sp³-hybridized carbons (Fsp3) is 0.526. The van der Waals surface area contributed by atoms with Crippen molar-refractivity contribution in [2.45, 2.75) is 19.9 Å². The average molecular weight is 515 g/mol. The number of halogens is 1. The lowest BCUT2D eigenvalue weighted by atomic mass is 10.3. The van der Waals surface area contributed by atoms with E-state index in [-0.39, 0.29) is 24.0 Å². The van der Waals surface area contributed by atoms with Crippen LogP contribution in [0.25, 0.3) is 0 Å². The lowest BCUT2D eigenvalue weighted by Crippen LogP contribution is -2.47. The van der Waals surface area contributed by atoms with Crippen LogP contribution in [0.1, 0.15) is 16.2 Å². The maximum Gasteiger partial charge on any atom is 0.225 e. The summed E-state index contributed by atoms with van der Waals surface area (Å²) in [4.78, 5) is 20.4. The minimum absolute atomic E-state index is 0. The van der Waals surface area contributed by atoms with Crippen LogP contribution in [0, 0.1) is 6.92 Å². The highest BCUT2D eigenvalue weighted by Gasteiger charge is 2.18. The Labute approximate surface area is 188 Å². The first-order valence-electron chi connectivity index (χ1n) is 9.49. The van der Waals surface area contributed by atoms with E-state index in [0.717, 1.165) is 64.1 Å². The summed E-state index contributed by atoms with van der Waals surface area (Å²) in [5.74, 6) is 1.71. The molecule has 0 amide bonds. The number of rotatable bonds is 7. The first kappa shape index (κ1) is 22.8. The molecule has 0 atom stereocenters. The van der Waals surface area contributed by atoms with E-state index in [0.29, 0.717) is 0 Å². The van der Waals surface area contributed by atoms with Crippen LogP contribution in [-0.2, 0) is 6.54 Å². The number of hydrogen-bond donors (Lipinski definition) is 2. The van der Waals surface area contributed by atoms with E-state index >= 15 is 0 Å². The second kappa shape index (κ2) is 12.2. The van der Waals surface area contributed by atoms with E-state index < -0.39 is 0 Å². The summed E-state index contributed by atoms with van der Waals surface area (Å²) >= 11 is 1.82. The van der Waals surface area contributed by atoms with Crippen molar-refractivity contribution in [1.82, 2.24) is 25.5 Å². The van der Waals surface area contributed by atoms with Crippen molar-refractivity contribution in [2.24, 2.45) is 4.99 Å². The molecule has 7 nitrogen and oxygen atoms in total. The normalized spacial score (nSPS) is 15.2. The average Bonchev–Trinajstić information content (AvgIpc) is 3.14. The third-order valence-corrected chi connectivity index (χ3v) is 5.60. The zero-order valence-electron chi connectivity index (χ0n) is 16.6. The Bertz CT molecular complexity index is 714. The van der Waals surface area contributed by atoms with Crippen LogP contribution >= 0.6 is 35.3 Å². The highest BCUT2D eigenvalue weighted by Crippen LogP contribution is 2.14. The number of piperazine rings is 1. The molecule has 154 valence electrons. The molecule has 0 aromatic carbocycles. The minimum atomic E-state index is 0. The molecule has 1 aliphatic heterocycles. The number of nitrogens with zero attached hydrogens (tertiary/aromatic N) is 5. The number of thiophene rings is 1. The van der Waals surface area contributed by atoms with Gasteiger partial charge < -0.3 is 15.5 Å². The standard InChI is InChI=1S/C19H29N7S.HI/c1-16-5-6-17(27-16)15-24-18(20-2)21-9-4-10-25-11-13-26(14-12-25)19-22-7-3-8-23-19;/h3,5-8H,4,9-15H2,1-2H3,(H2,20,21,24);1H. The fourth-order valence-electron chi connectivity index (χ4n) is 3.11. The van der Waals surface area contributed by atoms with Gasteiger partial charge in [-0.3, -0.25) is 9.89 Å². The minimum Gasteiger partial charge on any atom is -0.356 e. The molecular weight excluding hydrogens is 485 g/mol. The summed E-state index contributed by atoms with van der Waals surface area (Å²) in [5.41, 5.74) is 0. The molecule has 3 rings (SSSR count). The summed E-state index contributed by atoms with van der Waals surface area (Å²) in [6, 6.07) is 6.18. The summed E-state index contributed by atoms with van der Waals surface area (Å²) in [6.45, 7) is 9.06. The Morgan fingerprint density at radius 2 is 1.89 bits per heavy atom. The lowest BCUT2D eigenvalue weighted by molar-refractivity contribution is 0.254. The van der Waals surface area contributed by atoms with Crippen LogP contribution in [0.5, 0.6) is 0 Å². The van der Waals surface area contributed by atoms with Crippen LogP contribution in [0.4, 0.5) is 5.95 Å². The van der Waals surface area contributed by atoms with Gasteiger partial charge in [-0.1, -0.05) is 0 Å². The SMILES string of the molecule is CN=C(NCCCN1CCN(c2ncccn2)CC1)NCc1ccc(C)s1.I. The van der Waals surface area contributed by atoms with Gasteiger partial charge in [0.05, 0.1) is 6.54 Å². The number of aromatic nitrogens is 2. The number of guanidine groups is 1. The molecule has 0 bridgehead atoms. The number of hydrogen-bond acceptors (Lipinski definition) is 6. The third-order valence-electron chi connectivity index (χ3n) is 4.60. The summed E-state index contributed by atoms with van der Waals surface area (Å²) in [6.07, 6.45) is 4.71. The Morgan fingerprint density at radius 3 is 2.54 bits per heavy atom. The molecule has 2 aromatic rings. The van der Waals surface area contributed by atoms with Gasteiger partial charge in [-0.2, -0.15) is 0 Å². The van der Waals surface area contributed by atoms with Crippen molar-refractivity contribution in [3.05, 3.63) is 40.3 Å². The Balaban J connectivity index is 0.00000280. The molecule has 1 saturated heterocycles. The molecule has 0 spiro atoms. The molecule has 0 saturated carbocycles. The highest BCUT2D eigenvalue weighted by molar-refractivity contribution is 14.0. The van der Waals surface area contributed by atoms with Crippen molar-refractivity contribution >= 4 is 47.2 Å². The van der Waals surface area contributed by atoms with Crippen LogP contribution in [0.2, 0.25) is 0 Å². The van der Waals surface area contributed by atoms with Crippen LogP contribution < -0.4 is 15.5 Å². The van der Waals surface area contributed by atoms with Gasteiger partial charge in [-0.25, -0.2) is 9.97 Å². The van der Waals surface area contributed by atoms with Gasteiger partial charge in [0.1, 0.15) is 0 Å². The smallest absolute Gasteiger partial charge is 0.225 e. The molecule has 2 N–H and O–H groups in total. The maximum atomic E-state index is 4.34. The van der Waals surface area contributed by atoms with Gasteiger partial charge in [0.15, 0.2) is 5.96 Å². The first-order valence-corrected chi connectivity index (χ1v) is 10.3. The van der Waals surface area contributed by atoms with E-state index in [1.54, 1.807) is 12.4 Å². The molecular formula is C19H30IN7S. The highest BCUT2D eigenvalue weighted by atomic mass is 127.